The molecular weight excluding hydrogens is 330 g/mol. The van der Waals surface area contributed by atoms with E-state index in [2.05, 4.69) is 32.7 Å². The van der Waals surface area contributed by atoms with E-state index in [0.29, 0.717) is 23.9 Å². The summed E-state index contributed by atoms with van der Waals surface area (Å²) in [5.74, 6) is 0.701. The first-order valence-corrected chi connectivity index (χ1v) is 8.50. The van der Waals surface area contributed by atoms with E-state index >= 15 is 0 Å². The average molecular weight is 349 g/mol. The van der Waals surface area contributed by atoms with Crippen LogP contribution in [0.1, 0.15) is 28.4 Å². The maximum atomic E-state index is 12.4. The van der Waals surface area contributed by atoms with Crippen molar-refractivity contribution in [2.45, 2.75) is 12.3 Å². The van der Waals surface area contributed by atoms with E-state index in [1.165, 1.54) is 11.3 Å². The minimum Gasteiger partial charge on any atom is -0.463 e. The third-order valence-electron chi connectivity index (χ3n) is 4.47. The van der Waals surface area contributed by atoms with Crippen LogP contribution in [0.15, 0.2) is 53.1 Å². The number of nitrogen functional groups attached to an aromatic ring is 1. The molecule has 1 aromatic carbocycles. The highest BCUT2D eigenvalue weighted by atomic mass is 16.3. The van der Waals surface area contributed by atoms with Gasteiger partial charge in [0.1, 0.15) is 11.4 Å². The Bertz CT molecular complexity index is 923. The van der Waals surface area contributed by atoms with Crippen molar-refractivity contribution in [2.24, 2.45) is 0 Å². The Balaban J connectivity index is 1.40. The smallest absolute Gasteiger partial charge is 0.270 e. The van der Waals surface area contributed by atoms with E-state index in [1.807, 2.05) is 12.1 Å². The lowest BCUT2D eigenvalue weighted by Crippen LogP contribution is -2.27. The van der Waals surface area contributed by atoms with Gasteiger partial charge in [-0.3, -0.25) is 4.79 Å². The molecule has 132 valence electrons. The van der Waals surface area contributed by atoms with Crippen LogP contribution in [0.5, 0.6) is 0 Å². The Morgan fingerprint density at radius 1 is 1.27 bits per heavy atom. The monoisotopic (exact) mass is 349 g/mol. The van der Waals surface area contributed by atoms with Gasteiger partial charge in [0.05, 0.1) is 6.26 Å². The van der Waals surface area contributed by atoms with Crippen molar-refractivity contribution in [2.75, 3.05) is 24.1 Å². The molecular formula is C19H19N5O2. The van der Waals surface area contributed by atoms with Gasteiger partial charge in [-0.1, -0.05) is 18.2 Å². The van der Waals surface area contributed by atoms with E-state index in [1.54, 1.807) is 24.5 Å². The quantitative estimate of drug-likeness (QED) is 0.654. The number of carbonyl (C=O) groups excluding carboxylic acids is 1. The fourth-order valence-electron chi connectivity index (χ4n) is 3.20. The summed E-state index contributed by atoms with van der Waals surface area (Å²) in [6.07, 6.45) is 2.39. The normalized spacial score (nSPS) is 15.3. The molecule has 0 aliphatic carbocycles. The summed E-state index contributed by atoms with van der Waals surface area (Å²) in [4.78, 5) is 20.6. The molecule has 4 N–H and O–H groups in total. The van der Waals surface area contributed by atoms with Crippen LogP contribution in [0.25, 0.3) is 11.5 Å². The van der Waals surface area contributed by atoms with Crippen LogP contribution in [-0.4, -0.2) is 29.0 Å². The number of hydrogen-bond donors (Lipinski definition) is 3. The number of anilines is 2. The van der Waals surface area contributed by atoms with Crippen LogP contribution in [0, 0.1) is 0 Å². The molecule has 7 nitrogen and oxygen atoms in total. The molecule has 1 atom stereocenters. The van der Waals surface area contributed by atoms with Crippen LogP contribution < -0.4 is 16.4 Å². The second-order valence-electron chi connectivity index (χ2n) is 6.18. The molecule has 0 saturated carbocycles. The number of hydrogen-bond acceptors (Lipinski definition) is 6. The van der Waals surface area contributed by atoms with Crippen molar-refractivity contribution in [1.29, 1.82) is 0 Å². The number of furan rings is 1. The molecule has 0 spiro atoms. The number of benzene rings is 1. The molecule has 0 fully saturated rings. The fraction of sp³-hybridized carbons (Fsp3) is 0.211. The number of nitrogens with zero attached hydrogens (tertiary/aromatic N) is 2. The predicted molar refractivity (Wildman–Crippen MR) is 98.8 cm³/mol. The first-order valence-electron chi connectivity index (χ1n) is 8.50. The maximum absolute atomic E-state index is 12.4. The summed E-state index contributed by atoms with van der Waals surface area (Å²) in [7, 11) is 0. The predicted octanol–water partition coefficient (Wildman–Crippen LogP) is 2.65. The standard InChI is InChI=1S/C19H19N5O2/c20-19-23-15(17-6-3-9-26-17)10-16(24-19)18(25)21-8-7-12-11-22-14-5-2-1-4-13(12)14/h1-6,9-10,12,22H,7-8,11H2,(H,21,25)(H2,20,23,24). The number of nitrogens with two attached hydrogens (primary N) is 1. The second kappa shape index (κ2) is 6.87. The molecule has 26 heavy (non-hydrogen) atoms. The van der Waals surface area contributed by atoms with Crippen molar-refractivity contribution in [3.05, 3.63) is 60.0 Å². The topological polar surface area (TPSA) is 106 Å². The van der Waals surface area contributed by atoms with Crippen LogP contribution in [-0.2, 0) is 0 Å². The Labute approximate surface area is 150 Å². The van der Waals surface area contributed by atoms with Gasteiger partial charge in [-0.25, -0.2) is 9.97 Å². The molecule has 1 aliphatic heterocycles. The lowest BCUT2D eigenvalue weighted by molar-refractivity contribution is 0.0947. The maximum Gasteiger partial charge on any atom is 0.270 e. The minimum absolute atomic E-state index is 0.0398. The van der Waals surface area contributed by atoms with E-state index in [4.69, 9.17) is 10.2 Å². The van der Waals surface area contributed by atoms with Crippen molar-refractivity contribution >= 4 is 17.5 Å². The molecule has 0 saturated heterocycles. The largest absolute Gasteiger partial charge is 0.463 e. The third-order valence-corrected chi connectivity index (χ3v) is 4.47. The van der Waals surface area contributed by atoms with Gasteiger partial charge >= 0.3 is 0 Å². The first kappa shape index (κ1) is 16.1. The molecule has 1 unspecified atom stereocenters. The van der Waals surface area contributed by atoms with Gasteiger partial charge in [0.15, 0.2) is 5.76 Å². The number of amides is 1. The summed E-state index contributed by atoms with van der Waals surface area (Å²) in [6, 6.07) is 13.4. The lowest BCUT2D eigenvalue weighted by atomic mass is 9.98. The number of aromatic nitrogens is 2. The number of para-hydroxylation sites is 1. The fourth-order valence-corrected chi connectivity index (χ4v) is 3.20. The Morgan fingerprint density at radius 2 is 2.15 bits per heavy atom. The molecule has 1 amide bonds. The highest BCUT2D eigenvalue weighted by Crippen LogP contribution is 2.32. The summed E-state index contributed by atoms with van der Waals surface area (Å²) < 4.78 is 5.31. The number of nitrogens with one attached hydrogen (secondary N) is 2. The number of rotatable bonds is 5. The van der Waals surface area contributed by atoms with E-state index in [-0.39, 0.29) is 17.5 Å². The Morgan fingerprint density at radius 3 is 3.00 bits per heavy atom. The summed E-state index contributed by atoms with van der Waals surface area (Å²) in [5.41, 5.74) is 8.93. The van der Waals surface area contributed by atoms with Crippen molar-refractivity contribution in [3.8, 4) is 11.5 Å². The molecule has 0 radical (unpaired) electrons. The van der Waals surface area contributed by atoms with E-state index < -0.39 is 0 Å². The van der Waals surface area contributed by atoms with Gasteiger partial charge < -0.3 is 20.8 Å². The summed E-state index contributed by atoms with van der Waals surface area (Å²) in [5, 5.41) is 6.30. The molecule has 7 heteroatoms. The molecule has 0 bridgehead atoms. The average Bonchev–Trinajstić information content (AvgIpc) is 3.31. The highest BCUT2D eigenvalue weighted by molar-refractivity contribution is 5.93. The first-order chi connectivity index (χ1) is 12.7. The van der Waals surface area contributed by atoms with Crippen LogP contribution in [0.4, 0.5) is 11.6 Å². The molecule has 3 aromatic rings. The highest BCUT2D eigenvalue weighted by Gasteiger charge is 2.21. The molecule has 2 aromatic heterocycles. The van der Waals surface area contributed by atoms with Crippen LogP contribution in [0.2, 0.25) is 0 Å². The zero-order chi connectivity index (χ0) is 17.9. The van der Waals surface area contributed by atoms with Gasteiger partial charge in [-0.15, -0.1) is 0 Å². The minimum atomic E-state index is -0.272. The van der Waals surface area contributed by atoms with Crippen molar-refractivity contribution < 1.29 is 9.21 Å². The Hall–Kier alpha value is -3.35. The molecule has 1 aliphatic rings. The van der Waals surface area contributed by atoms with Crippen LogP contribution in [0.3, 0.4) is 0 Å². The van der Waals surface area contributed by atoms with Gasteiger partial charge in [-0.2, -0.15) is 0 Å². The van der Waals surface area contributed by atoms with Gasteiger partial charge in [0.2, 0.25) is 5.95 Å². The van der Waals surface area contributed by atoms with Crippen LogP contribution >= 0.6 is 0 Å². The molecule has 4 rings (SSSR count). The number of carbonyl (C=O) groups is 1. The van der Waals surface area contributed by atoms with Crippen molar-refractivity contribution in [1.82, 2.24) is 15.3 Å². The van der Waals surface area contributed by atoms with Gasteiger partial charge in [0.25, 0.3) is 5.91 Å². The van der Waals surface area contributed by atoms with Gasteiger partial charge in [0, 0.05) is 24.7 Å². The summed E-state index contributed by atoms with van der Waals surface area (Å²) >= 11 is 0. The van der Waals surface area contributed by atoms with E-state index in [0.717, 1.165) is 13.0 Å². The SMILES string of the molecule is Nc1nc(C(=O)NCCC2CNc3ccccc32)cc(-c2ccco2)n1. The van der Waals surface area contributed by atoms with E-state index in [9.17, 15) is 4.79 Å². The van der Waals surface area contributed by atoms with Gasteiger partial charge in [-0.05, 0) is 36.2 Å². The second-order valence-corrected chi connectivity index (χ2v) is 6.18. The number of fused-ring (bicyclic) bond motifs is 1. The Kier molecular flexibility index (Phi) is 4.27. The lowest BCUT2D eigenvalue weighted by Gasteiger charge is -2.11. The van der Waals surface area contributed by atoms with Crippen molar-refractivity contribution in [3.63, 3.8) is 0 Å². The molecule has 3 heterocycles. The third kappa shape index (κ3) is 3.23. The zero-order valence-electron chi connectivity index (χ0n) is 14.1. The summed E-state index contributed by atoms with van der Waals surface area (Å²) in [6.45, 7) is 1.44. The zero-order valence-corrected chi connectivity index (χ0v) is 14.1.